The van der Waals surface area contributed by atoms with Crippen molar-refractivity contribution in [1.29, 1.82) is 0 Å². The van der Waals surface area contributed by atoms with Crippen LogP contribution in [0.2, 0.25) is 10.0 Å². The highest BCUT2D eigenvalue weighted by atomic mass is 35.5. The fraction of sp³-hybridized carbons (Fsp3) is 0.310. The second-order valence-electron chi connectivity index (χ2n) is 9.60. The molecule has 214 valence electrons. The summed E-state index contributed by atoms with van der Waals surface area (Å²) in [5.41, 5.74) is 0.819. The van der Waals surface area contributed by atoms with Gasteiger partial charge in [-0.15, -0.1) is 0 Å². The molecule has 8 nitrogen and oxygen atoms in total. The molecule has 2 amide bonds. The smallest absolute Gasteiger partial charge is 0.264 e. The summed E-state index contributed by atoms with van der Waals surface area (Å²) in [6, 6.07) is 18.2. The van der Waals surface area contributed by atoms with E-state index in [0.29, 0.717) is 27.9 Å². The van der Waals surface area contributed by atoms with Crippen molar-refractivity contribution in [1.82, 2.24) is 10.2 Å². The van der Waals surface area contributed by atoms with Crippen molar-refractivity contribution in [2.24, 2.45) is 5.92 Å². The van der Waals surface area contributed by atoms with E-state index in [4.69, 9.17) is 27.9 Å². The minimum atomic E-state index is -4.23. The van der Waals surface area contributed by atoms with E-state index < -0.39 is 28.5 Å². The van der Waals surface area contributed by atoms with Gasteiger partial charge in [0, 0.05) is 23.1 Å². The van der Waals surface area contributed by atoms with Crippen LogP contribution in [0.1, 0.15) is 26.3 Å². The molecule has 3 aromatic rings. The molecular weight excluding hydrogens is 573 g/mol. The molecule has 3 rings (SSSR count). The molecule has 1 atom stereocenters. The van der Waals surface area contributed by atoms with Gasteiger partial charge in [-0.05, 0) is 66.9 Å². The van der Waals surface area contributed by atoms with Crippen LogP contribution in [0, 0.1) is 5.92 Å². The van der Waals surface area contributed by atoms with E-state index >= 15 is 0 Å². The largest absolute Gasteiger partial charge is 0.497 e. The quantitative estimate of drug-likeness (QED) is 0.299. The number of amides is 2. The van der Waals surface area contributed by atoms with Crippen LogP contribution in [-0.2, 0) is 26.2 Å². The average molecular weight is 607 g/mol. The third-order valence-corrected chi connectivity index (χ3v) is 8.56. The maximum absolute atomic E-state index is 13.9. The first-order valence-electron chi connectivity index (χ1n) is 12.7. The summed E-state index contributed by atoms with van der Waals surface area (Å²) in [5, 5.41) is 3.57. The Bertz CT molecular complexity index is 1430. The number of ether oxygens (including phenoxy) is 1. The molecule has 0 spiro atoms. The molecule has 11 heteroatoms. The number of hydrogen-bond donors (Lipinski definition) is 1. The van der Waals surface area contributed by atoms with Gasteiger partial charge in [0.25, 0.3) is 10.0 Å². The Morgan fingerprint density at radius 2 is 1.62 bits per heavy atom. The summed E-state index contributed by atoms with van der Waals surface area (Å²) in [7, 11) is -2.75. The molecule has 0 aromatic heterocycles. The molecule has 0 aliphatic rings. The van der Waals surface area contributed by atoms with Gasteiger partial charge in [-0.25, -0.2) is 8.42 Å². The number of hydrogen-bond acceptors (Lipinski definition) is 5. The normalized spacial score (nSPS) is 12.1. The van der Waals surface area contributed by atoms with Crippen LogP contribution in [-0.4, -0.2) is 51.4 Å². The summed E-state index contributed by atoms with van der Waals surface area (Å²) < 4.78 is 33.9. The van der Waals surface area contributed by atoms with E-state index in [9.17, 15) is 18.0 Å². The van der Waals surface area contributed by atoms with Crippen molar-refractivity contribution in [3.8, 4) is 5.75 Å². The lowest BCUT2D eigenvalue weighted by molar-refractivity contribution is -0.139. The Morgan fingerprint density at radius 1 is 0.950 bits per heavy atom. The van der Waals surface area contributed by atoms with Crippen LogP contribution in [0.3, 0.4) is 0 Å². The average Bonchev–Trinajstić information content (AvgIpc) is 2.93. The molecule has 0 radical (unpaired) electrons. The Balaban J connectivity index is 2.03. The Kier molecular flexibility index (Phi) is 10.8. The summed E-state index contributed by atoms with van der Waals surface area (Å²) >= 11 is 12.6. The Labute approximate surface area is 245 Å². The predicted octanol–water partition coefficient (Wildman–Crippen LogP) is 5.39. The first-order valence-corrected chi connectivity index (χ1v) is 14.9. The minimum Gasteiger partial charge on any atom is -0.497 e. The van der Waals surface area contributed by atoms with Gasteiger partial charge in [0.05, 0.1) is 17.7 Å². The third kappa shape index (κ3) is 7.90. The van der Waals surface area contributed by atoms with Crippen LogP contribution < -0.4 is 14.4 Å². The molecule has 0 bridgehead atoms. The fourth-order valence-electron chi connectivity index (χ4n) is 3.88. The third-order valence-electron chi connectivity index (χ3n) is 6.17. The van der Waals surface area contributed by atoms with Gasteiger partial charge in [0.2, 0.25) is 11.8 Å². The van der Waals surface area contributed by atoms with Gasteiger partial charge < -0.3 is 15.0 Å². The van der Waals surface area contributed by atoms with Crippen LogP contribution in [0.15, 0.2) is 77.7 Å². The highest BCUT2D eigenvalue weighted by Gasteiger charge is 2.33. The summed E-state index contributed by atoms with van der Waals surface area (Å²) in [4.78, 5) is 28.3. The maximum atomic E-state index is 13.9. The number of sulfonamides is 1. The maximum Gasteiger partial charge on any atom is 0.264 e. The van der Waals surface area contributed by atoms with Crippen molar-refractivity contribution >= 4 is 50.7 Å². The van der Waals surface area contributed by atoms with Gasteiger partial charge in [-0.1, -0.05) is 61.3 Å². The van der Waals surface area contributed by atoms with E-state index in [-0.39, 0.29) is 29.0 Å². The predicted molar refractivity (Wildman–Crippen MR) is 158 cm³/mol. The zero-order valence-electron chi connectivity index (χ0n) is 22.8. The van der Waals surface area contributed by atoms with Crippen LogP contribution in [0.4, 0.5) is 5.69 Å². The van der Waals surface area contributed by atoms with E-state index in [1.165, 1.54) is 42.3 Å². The molecule has 0 saturated carbocycles. The lowest BCUT2D eigenvalue weighted by atomic mass is 10.1. The number of methoxy groups -OCH3 is 1. The number of halogens is 2. The second kappa shape index (κ2) is 13.9. The Hall–Kier alpha value is -3.27. The van der Waals surface area contributed by atoms with Crippen molar-refractivity contribution in [3.63, 3.8) is 0 Å². The molecule has 1 N–H and O–H groups in total. The molecule has 0 saturated heterocycles. The van der Waals surface area contributed by atoms with Crippen LogP contribution in [0.25, 0.3) is 0 Å². The zero-order valence-corrected chi connectivity index (χ0v) is 25.1. The summed E-state index contributed by atoms with van der Waals surface area (Å²) in [5.74, 6) is -0.265. The number of anilines is 1. The van der Waals surface area contributed by atoms with Gasteiger partial charge in [0.15, 0.2) is 0 Å². The number of rotatable bonds is 12. The highest BCUT2D eigenvalue weighted by molar-refractivity contribution is 7.92. The molecule has 0 heterocycles. The van der Waals surface area contributed by atoms with Crippen molar-refractivity contribution in [2.75, 3.05) is 24.5 Å². The van der Waals surface area contributed by atoms with Crippen LogP contribution in [0.5, 0.6) is 5.75 Å². The first kappa shape index (κ1) is 31.3. The summed E-state index contributed by atoms with van der Waals surface area (Å²) in [6.07, 6.45) is 0. The number of nitrogens with zero attached hydrogens (tertiary/aromatic N) is 2. The van der Waals surface area contributed by atoms with Gasteiger partial charge in [-0.3, -0.25) is 13.9 Å². The monoisotopic (exact) mass is 605 g/mol. The number of carbonyl (C=O) groups excluding carboxylic acids is 2. The molecular formula is C29H33Cl2N3O5S. The van der Waals surface area contributed by atoms with Crippen molar-refractivity contribution in [3.05, 3.63) is 88.4 Å². The molecule has 0 aliphatic heterocycles. The second-order valence-corrected chi connectivity index (χ2v) is 12.3. The standard InChI is InChI=1S/C29H33Cl2N3O5S/c1-20(2)17-32-29(36)21(3)33(18-22-8-5-6-11-27(22)31)28(35)19-34(24-10-7-9-23(30)16-24)40(37,38)26-14-12-25(39-4)13-15-26/h5-16,20-21H,17-19H2,1-4H3,(H,32,36)/t21-/m0/s1. The molecule has 3 aromatic carbocycles. The highest BCUT2D eigenvalue weighted by Crippen LogP contribution is 2.28. The molecule has 0 fully saturated rings. The SMILES string of the molecule is COc1ccc(S(=O)(=O)N(CC(=O)N(Cc2ccccc2Cl)[C@@H](C)C(=O)NCC(C)C)c2cccc(Cl)c2)cc1. The van der Waals surface area contributed by atoms with Crippen molar-refractivity contribution in [2.45, 2.75) is 38.3 Å². The van der Waals surface area contributed by atoms with E-state index in [1.807, 2.05) is 13.8 Å². The number of carbonyl (C=O) groups is 2. The van der Waals surface area contributed by atoms with Gasteiger partial charge in [0.1, 0.15) is 18.3 Å². The molecule has 0 unspecified atom stereocenters. The summed E-state index contributed by atoms with van der Waals surface area (Å²) in [6.45, 7) is 5.38. The number of nitrogens with one attached hydrogen (secondary N) is 1. The van der Waals surface area contributed by atoms with E-state index in [0.717, 1.165) is 4.31 Å². The van der Waals surface area contributed by atoms with Gasteiger partial charge in [-0.2, -0.15) is 0 Å². The number of benzene rings is 3. The lowest BCUT2D eigenvalue weighted by Crippen LogP contribution is -2.51. The fourth-order valence-corrected chi connectivity index (χ4v) is 5.67. The van der Waals surface area contributed by atoms with Crippen molar-refractivity contribution < 1.29 is 22.7 Å². The minimum absolute atomic E-state index is 0.000735. The first-order chi connectivity index (χ1) is 18.9. The lowest BCUT2D eigenvalue weighted by Gasteiger charge is -2.32. The Morgan fingerprint density at radius 3 is 2.23 bits per heavy atom. The van der Waals surface area contributed by atoms with E-state index in [1.54, 1.807) is 49.4 Å². The van der Waals surface area contributed by atoms with Gasteiger partial charge >= 0.3 is 0 Å². The van der Waals surface area contributed by atoms with Crippen LogP contribution >= 0.6 is 23.2 Å². The van der Waals surface area contributed by atoms with E-state index in [2.05, 4.69) is 5.32 Å². The molecule has 0 aliphatic carbocycles. The molecule has 40 heavy (non-hydrogen) atoms. The topological polar surface area (TPSA) is 96.0 Å². The zero-order chi connectivity index (χ0) is 29.4.